The molecule has 1 amide bonds. The Morgan fingerprint density at radius 3 is 2.59 bits per heavy atom. The van der Waals surface area contributed by atoms with E-state index in [1.807, 2.05) is 43.1 Å². The minimum atomic E-state index is -0.360. The Hall–Kier alpha value is -3.06. The van der Waals surface area contributed by atoms with E-state index in [-0.39, 0.29) is 24.5 Å². The smallest absolute Gasteiger partial charge is 0.338 e. The molecule has 0 aliphatic carbocycles. The molecule has 1 aliphatic heterocycles. The van der Waals surface area contributed by atoms with Crippen molar-refractivity contribution < 1.29 is 23.8 Å². The quantitative estimate of drug-likeness (QED) is 0.689. The molecule has 7 nitrogen and oxygen atoms in total. The zero-order valence-electron chi connectivity index (χ0n) is 16.7. The number of nitrogens with one attached hydrogen (secondary N) is 1. The number of anilines is 1. The zero-order chi connectivity index (χ0) is 20.6. The summed E-state index contributed by atoms with van der Waals surface area (Å²) in [6.07, 6.45) is 0.633. The SMILES string of the molecule is CCCOC(=O)c1ccc(NC(=O)CN(C)C[C@@H]2COc3ccccc3O2)cc1. The summed E-state index contributed by atoms with van der Waals surface area (Å²) in [6.45, 7) is 3.55. The van der Waals surface area contributed by atoms with Crippen molar-refractivity contribution in [3.05, 3.63) is 54.1 Å². The standard InChI is InChI=1S/C22H26N2O5/c1-3-12-27-22(26)16-8-10-17(11-9-16)23-21(25)14-24(2)13-18-15-28-19-6-4-5-7-20(19)29-18/h4-11,18H,3,12-15H2,1-2H3,(H,23,25)/t18-/m1/s1. The van der Waals surface area contributed by atoms with Crippen molar-refractivity contribution in [1.29, 1.82) is 0 Å². The highest BCUT2D eigenvalue weighted by molar-refractivity contribution is 5.94. The fourth-order valence-corrected chi connectivity index (χ4v) is 2.98. The van der Waals surface area contributed by atoms with Gasteiger partial charge in [-0.25, -0.2) is 4.79 Å². The summed E-state index contributed by atoms with van der Waals surface area (Å²) in [5.74, 6) is 0.956. The molecule has 0 saturated heterocycles. The molecule has 0 saturated carbocycles. The van der Waals surface area contributed by atoms with Gasteiger partial charge in [-0.15, -0.1) is 0 Å². The lowest BCUT2D eigenvalue weighted by Gasteiger charge is -2.29. The predicted octanol–water partition coefficient (Wildman–Crippen LogP) is 2.96. The Balaban J connectivity index is 1.45. The normalized spacial score (nSPS) is 15.1. The van der Waals surface area contributed by atoms with Gasteiger partial charge >= 0.3 is 5.97 Å². The van der Waals surface area contributed by atoms with E-state index in [1.54, 1.807) is 24.3 Å². The minimum absolute atomic E-state index is 0.142. The molecule has 1 aliphatic rings. The number of carbonyl (C=O) groups is 2. The van der Waals surface area contributed by atoms with Crippen LogP contribution in [0.5, 0.6) is 11.5 Å². The molecule has 7 heteroatoms. The average Bonchev–Trinajstić information content (AvgIpc) is 2.72. The number of fused-ring (bicyclic) bond motifs is 1. The van der Waals surface area contributed by atoms with Gasteiger partial charge in [0.2, 0.25) is 5.91 Å². The summed E-state index contributed by atoms with van der Waals surface area (Å²) < 4.78 is 16.7. The van der Waals surface area contributed by atoms with E-state index >= 15 is 0 Å². The number of likely N-dealkylation sites (N-methyl/N-ethyl adjacent to an activating group) is 1. The second-order valence-electron chi connectivity index (χ2n) is 6.96. The zero-order valence-corrected chi connectivity index (χ0v) is 16.7. The molecule has 0 radical (unpaired) electrons. The topological polar surface area (TPSA) is 77.1 Å². The number of amides is 1. The molecule has 2 aromatic rings. The summed E-state index contributed by atoms with van der Waals surface area (Å²) in [7, 11) is 1.86. The summed E-state index contributed by atoms with van der Waals surface area (Å²) in [5.41, 5.74) is 1.09. The van der Waals surface area contributed by atoms with Gasteiger partial charge in [-0.2, -0.15) is 0 Å². The van der Waals surface area contributed by atoms with E-state index in [0.717, 1.165) is 17.9 Å². The maximum absolute atomic E-state index is 12.3. The molecule has 1 N–H and O–H groups in total. The van der Waals surface area contributed by atoms with Crippen LogP contribution in [0.25, 0.3) is 0 Å². The molecule has 0 aromatic heterocycles. The second kappa shape index (κ2) is 9.93. The Kier molecular flexibility index (Phi) is 7.08. The molecule has 0 spiro atoms. The maximum atomic E-state index is 12.3. The lowest BCUT2D eigenvalue weighted by atomic mass is 10.2. The van der Waals surface area contributed by atoms with Crippen molar-refractivity contribution in [3.63, 3.8) is 0 Å². The van der Waals surface area contributed by atoms with Gasteiger partial charge in [0.15, 0.2) is 11.5 Å². The highest BCUT2D eigenvalue weighted by atomic mass is 16.6. The summed E-state index contributed by atoms with van der Waals surface area (Å²) in [5, 5.41) is 2.83. The molecule has 1 heterocycles. The number of rotatable bonds is 8. The predicted molar refractivity (Wildman–Crippen MR) is 109 cm³/mol. The van der Waals surface area contributed by atoms with Crippen LogP contribution in [0.15, 0.2) is 48.5 Å². The van der Waals surface area contributed by atoms with Gasteiger partial charge in [-0.05, 0) is 49.9 Å². The highest BCUT2D eigenvalue weighted by Gasteiger charge is 2.22. The fraction of sp³-hybridized carbons (Fsp3) is 0.364. The van der Waals surface area contributed by atoms with Crippen LogP contribution in [-0.2, 0) is 9.53 Å². The average molecular weight is 398 g/mol. The molecule has 3 rings (SSSR count). The number of benzene rings is 2. The third-order valence-electron chi connectivity index (χ3n) is 4.34. The van der Waals surface area contributed by atoms with Crippen molar-refractivity contribution in [3.8, 4) is 11.5 Å². The molecule has 154 valence electrons. The van der Waals surface area contributed by atoms with Crippen LogP contribution in [0.3, 0.4) is 0 Å². The molecule has 0 unspecified atom stereocenters. The van der Waals surface area contributed by atoms with Gasteiger partial charge < -0.3 is 19.5 Å². The van der Waals surface area contributed by atoms with Gasteiger partial charge in [-0.3, -0.25) is 9.69 Å². The molecular weight excluding hydrogens is 372 g/mol. The van der Waals surface area contributed by atoms with Crippen LogP contribution in [-0.4, -0.2) is 56.2 Å². The van der Waals surface area contributed by atoms with Crippen molar-refractivity contribution in [2.75, 3.05) is 38.7 Å². The Morgan fingerprint density at radius 1 is 1.14 bits per heavy atom. The van der Waals surface area contributed by atoms with Crippen molar-refractivity contribution >= 4 is 17.6 Å². The molecule has 2 aromatic carbocycles. The summed E-state index contributed by atoms with van der Waals surface area (Å²) in [4.78, 5) is 26.0. The third kappa shape index (κ3) is 5.96. The van der Waals surface area contributed by atoms with Crippen molar-refractivity contribution in [2.24, 2.45) is 0 Å². The van der Waals surface area contributed by atoms with E-state index in [2.05, 4.69) is 5.32 Å². The highest BCUT2D eigenvalue weighted by Crippen LogP contribution is 2.30. The largest absolute Gasteiger partial charge is 0.486 e. The van der Waals surface area contributed by atoms with Crippen molar-refractivity contribution in [2.45, 2.75) is 19.4 Å². The lowest BCUT2D eigenvalue weighted by molar-refractivity contribution is -0.117. The monoisotopic (exact) mass is 398 g/mol. The van der Waals surface area contributed by atoms with Crippen LogP contribution in [0.2, 0.25) is 0 Å². The van der Waals surface area contributed by atoms with Crippen LogP contribution >= 0.6 is 0 Å². The van der Waals surface area contributed by atoms with E-state index in [4.69, 9.17) is 14.2 Å². The van der Waals surface area contributed by atoms with E-state index < -0.39 is 0 Å². The van der Waals surface area contributed by atoms with E-state index in [0.29, 0.717) is 31.0 Å². The molecule has 1 atom stereocenters. The molecule has 29 heavy (non-hydrogen) atoms. The number of nitrogens with zero attached hydrogens (tertiary/aromatic N) is 1. The second-order valence-corrected chi connectivity index (χ2v) is 6.96. The van der Waals surface area contributed by atoms with Gasteiger partial charge in [0, 0.05) is 12.2 Å². The summed E-state index contributed by atoms with van der Waals surface area (Å²) >= 11 is 0. The molecular formula is C22H26N2O5. The van der Waals surface area contributed by atoms with Crippen LogP contribution < -0.4 is 14.8 Å². The third-order valence-corrected chi connectivity index (χ3v) is 4.34. The Bertz CT molecular complexity index is 837. The Labute approximate surface area is 170 Å². The van der Waals surface area contributed by atoms with Gasteiger partial charge in [0.1, 0.15) is 12.7 Å². The number of carbonyl (C=O) groups excluding carboxylic acids is 2. The Morgan fingerprint density at radius 2 is 1.86 bits per heavy atom. The first-order valence-corrected chi connectivity index (χ1v) is 9.69. The maximum Gasteiger partial charge on any atom is 0.338 e. The van der Waals surface area contributed by atoms with Crippen LogP contribution in [0.4, 0.5) is 5.69 Å². The first-order valence-electron chi connectivity index (χ1n) is 9.69. The number of para-hydroxylation sites is 2. The molecule has 0 fully saturated rings. The van der Waals surface area contributed by atoms with Crippen LogP contribution in [0, 0.1) is 0 Å². The van der Waals surface area contributed by atoms with Gasteiger partial charge in [0.25, 0.3) is 0 Å². The number of hydrogen-bond donors (Lipinski definition) is 1. The minimum Gasteiger partial charge on any atom is -0.486 e. The number of hydrogen-bond acceptors (Lipinski definition) is 6. The van der Waals surface area contributed by atoms with E-state index in [1.165, 1.54) is 0 Å². The van der Waals surface area contributed by atoms with E-state index in [9.17, 15) is 9.59 Å². The molecule has 0 bridgehead atoms. The van der Waals surface area contributed by atoms with Crippen LogP contribution in [0.1, 0.15) is 23.7 Å². The lowest BCUT2D eigenvalue weighted by Crippen LogP contribution is -2.42. The first-order chi connectivity index (χ1) is 14.0. The summed E-state index contributed by atoms with van der Waals surface area (Å²) in [6, 6.07) is 14.2. The number of esters is 1. The first kappa shape index (κ1) is 20.7. The number of ether oxygens (including phenoxy) is 3. The van der Waals surface area contributed by atoms with Gasteiger partial charge in [-0.1, -0.05) is 19.1 Å². The fourth-order valence-electron chi connectivity index (χ4n) is 2.98. The van der Waals surface area contributed by atoms with Crippen molar-refractivity contribution in [1.82, 2.24) is 4.90 Å². The van der Waals surface area contributed by atoms with Gasteiger partial charge in [0.05, 0.1) is 18.7 Å².